The quantitative estimate of drug-likeness (QED) is 0.532. The average molecular weight is 466 g/mol. The number of nitrogens with one attached hydrogen (secondary N) is 3. The topological polar surface area (TPSA) is 114 Å². The van der Waals surface area contributed by atoms with E-state index >= 15 is 0 Å². The molecule has 3 heterocycles. The van der Waals surface area contributed by atoms with E-state index in [2.05, 4.69) is 31.2 Å². The molecular weight excluding hydrogens is 441 g/mol. The Bertz CT molecular complexity index is 1050. The number of amides is 2. The first-order chi connectivity index (χ1) is 14.1. The van der Waals surface area contributed by atoms with E-state index in [0.717, 1.165) is 31.3 Å². The van der Waals surface area contributed by atoms with Gasteiger partial charge in [0.25, 0.3) is 5.91 Å². The second-order valence-corrected chi connectivity index (χ2v) is 7.06. The summed E-state index contributed by atoms with van der Waals surface area (Å²) >= 11 is 0. The Hall–Kier alpha value is -2.75. The minimum absolute atomic E-state index is 0. The Morgan fingerprint density at radius 2 is 1.90 bits per heavy atom. The zero-order chi connectivity index (χ0) is 20.2. The first kappa shape index (κ1) is 24.5. The number of carbonyl (C=O) groups is 2. The van der Waals surface area contributed by atoms with Crippen LogP contribution >= 0.6 is 24.8 Å². The molecule has 2 amide bonds. The number of para-hydroxylation sites is 1. The van der Waals surface area contributed by atoms with Crippen molar-refractivity contribution in [3.05, 3.63) is 47.9 Å². The fraction of sp³-hybridized carbons (Fsp3) is 0.350. The van der Waals surface area contributed by atoms with Gasteiger partial charge >= 0.3 is 0 Å². The van der Waals surface area contributed by atoms with Crippen LogP contribution in [0.2, 0.25) is 0 Å². The van der Waals surface area contributed by atoms with Gasteiger partial charge in [-0.1, -0.05) is 23.4 Å². The highest BCUT2D eigenvalue weighted by molar-refractivity contribution is 6.03. The van der Waals surface area contributed by atoms with Gasteiger partial charge in [-0.05, 0) is 45.0 Å². The van der Waals surface area contributed by atoms with E-state index in [-0.39, 0.29) is 49.0 Å². The molecule has 0 spiro atoms. The number of anilines is 1. The minimum atomic E-state index is -0.408. The third-order valence-corrected chi connectivity index (χ3v) is 5.11. The maximum absolute atomic E-state index is 12.5. The first-order valence-corrected chi connectivity index (χ1v) is 9.68. The van der Waals surface area contributed by atoms with Crippen molar-refractivity contribution < 1.29 is 9.59 Å². The highest BCUT2D eigenvalue weighted by atomic mass is 35.5. The highest BCUT2D eigenvalue weighted by Gasteiger charge is 2.23. The molecule has 0 unspecified atom stereocenters. The van der Waals surface area contributed by atoms with Crippen LogP contribution in [-0.4, -0.2) is 51.4 Å². The monoisotopic (exact) mass is 465 g/mol. The molecule has 31 heavy (non-hydrogen) atoms. The van der Waals surface area contributed by atoms with Crippen LogP contribution in [0.15, 0.2) is 36.5 Å². The summed E-state index contributed by atoms with van der Waals surface area (Å²) in [5, 5.41) is 17.9. The van der Waals surface area contributed by atoms with E-state index < -0.39 is 5.91 Å². The van der Waals surface area contributed by atoms with Crippen LogP contribution in [-0.2, 0) is 4.79 Å². The fourth-order valence-corrected chi connectivity index (χ4v) is 3.59. The molecule has 1 saturated heterocycles. The van der Waals surface area contributed by atoms with Crippen molar-refractivity contribution in [1.82, 2.24) is 30.6 Å². The van der Waals surface area contributed by atoms with Gasteiger partial charge in [-0.2, -0.15) is 0 Å². The molecule has 0 aliphatic carbocycles. The summed E-state index contributed by atoms with van der Waals surface area (Å²) in [5.74, 6) is -0.742. The van der Waals surface area contributed by atoms with Gasteiger partial charge in [-0.15, -0.1) is 29.9 Å². The lowest BCUT2D eigenvalue weighted by molar-refractivity contribution is -0.115. The Morgan fingerprint density at radius 1 is 1.16 bits per heavy atom. The molecule has 11 heteroatoms. The fourth-order valence-electron chi connectivity index (χ4n) is 3.59. The van der Waals surface area contributed by atoms with Crippen molar-refractivity contribution >= 4 is 53.2 Å². The number of fused-ring (bicyclic) bond motifs is 1. The molecule has 0 radical (unpaired) electrons. The zero-order valence-corrected chi connectivity index (χ0v) is 18.6. The molecule has 1 fully saturated rings. The Morgan fingerprint density at radius 3 is 2.68 bits per heavy atom. The number of pyridine rings is 1. The van der Waals surface area contributed by atoms with Gasteiger partial charge in [-0.25, -0.2) is 4.68 Å². The van der Waals surface area contributed by atoms with Crippen molar-refractivity contribution in [2.45, 2.75) is 25.8 Å². The Labute approximate surface area is 192 Å². The number of nitrogens with zero attached hydrogens (tertiary/aromatic N) is 4. The number of hydrogen-bond donors (Lipinski definition) is 3. The number of piperidine rings is 1. The molecule has 0 saturated carbocycles. The lowest BCUT2D eigenvalue weighted by Gasteiger charge is -2.23. The first-order valence-electron chi connectivity index (χ1n) is 9.68. The molecule has 0 atom stereocenters. The van der Waals surface area contributed by atoms with Gasteiger partial charge in [0, 0.05) is 11.6 Å². The molecule has 3 N–H and O–H groups in total. The summed E-state index contributed by atoms with van der Waals surface area (Å²) in [4.78, 5) is 29.1. The standard InChI is InChI=1S/C20H23N7O2.2ClH/c1-13-18(25-26-27(13)15-7-10-21-11-8-15)20(29)23-12-17(28)24-16-6-2-4-14-5-3-9-22-19(14)16;;/h2-6,9,15,21H,7-8,10-12H2,1H3,(H,23,29)(H,24,28);2*1H. The van der Waals surface area contributed by atoms with E-state index in [4.69, 9.17) is 0 Å². The van der Waals surface area contributed by atoms with E-state index in [1.807, 2.05) is 35.9 Å². The van der Waals surface area contributed by atoms with E-state index in [1.165, 1.54) is 0 Å². The van der Waals surface area contributed by atoms with Gasteiger partial charge in [0.2, 0.25) is 5.91 Å². The summed E-state index contributed by atoms with van der Waals surface area (Å²) in [6.07, 6.45) is 3.58. The van der Waals surface area contributed by atoms with Crippen molar-refractivity contribution in [2.75, 3.05) is 25.0 Å². The molecule has 1 aliphatic heterocycles. The average Bonchev–Trinajstić information content (AvgIpc) is 3.14. The minimum Gasteiger partial charge on any atom is -0.342 e. The van der Waals surface area contributed by atoms with Gasteiger partial charge in [-0.3, -0.25) is 14.6 Å². The van der Waals surface area contributed by atoms with Crippen molar-refractivity contribution in [3.63, 3.8) is 0 Å². The van der Waals surface area contributed by atoms with E-state index in [0.29, 0.717) is 16.9 Å². The third kappa shape index (κ3) is 5.49. The molecule has 0 bridgehead atoms. The summed E-state index contributed by atoms with van der Waals surface area (Å²) in [6.45, 7) is 3.52. The normalized spacial score (nSPS) is 13.7. The van der Waals surface area contributed by atoms with Gasteiger partial charge < -0.3 is 16.0 Å². The van der Waals surface area contributed by atoms with Gasteiger partial charge in [0.05, 0.1) is 29.5 Å². The Balaban J connectivity index is 0.00000171. The molecule has 9 nitrogen and oxygen atoms in total. The molecule has 1 aromatic carbocycles. The van der Waals surface area contributed by atoms with Crippen LogP contribution in [0.25, 0.3) is 10.9 Å². The number of aromatic nitrogens is 4. The van der Waals surface area contributed by atoms with E-state index in [9.17, 15) is 9.59 Å². The van der Waals surface area contributed by atoms with Crippen LogP contribution in [0.5, 0.6) is 0 Å². The Kier molecular flexibility index (Phi) is 8.73. The molecule has 1 aliphatic rings. The zero-order valence-electron chi connectivity index (χ0n) is 17.0. The van der Waals surface area contributed by atoms with Crippen LogP contribution in [0.3, 0.4) is 0 Å². The summed E-state index contributed by atoms with van der Waals surface area (Å²) in [5.41, 5.74) is 2.28. The highest BCUT2D eigenvalue weighted by Crippen LogP contribution is 2.21. The number of benzene rings is 1. The van der Waals surface area contributed by atoms with Crippen molar-refractivity contribution in [2.24, 2.45) is 0 Å². The second kappa shape index (κ2) is 11.0. The smallest absolute Gasteiger partial charge is 0.274 e. The molecule has 3 aromatic rings. The second-order valence-electron chi connectivity index (χ2n) is 7.06. The van der Waals surface area contributed by atoms with E-state index in [1.54, 1.807) is 12.3 Å². The lowest BCUT2D eigenvalue weighted by Crippen LogP contribution is -2.33. The SMILES string of the molecule is Cc1c(C(=O)NCC(=O)Nc2cccc3cccnc23)nnn1C1CCNCC1.Cl.Cl. The number of carbonyl (C=O) groups excluding carboxylic acids is 2. The summed E-state index contributed by atoms with van der Waals surface area (Å²) < 4.78 is 1.82. The lowest BCUT2D eigenvalue weighted by atomic mass is 10.1. The van der Waals surface area contributed by atoms with Gasteiger partial charge in [0.15, 0.2) is 5.69 Å². The molecule has 166 valence electrons. The number of rotatable bonds is 5. The molecule has 4 rings (SSSR count). The largest absolute Gasteiger partial charge is 0.342 e. The maximum atomic E-state index is 12.5. The van der Waals surface area contributed by atoms with Crippen LogP contribution < -0.4 is 16.0 Å². The maximum Gasteiger partial charge on any atom is 0.274 e. The predicted octanol–water partition coefficient (Wildman–Crippen LogP) is 2.27. The summed E-state index contributed by atoms with van der Waals surface area (Å²) in [7, 11) is 0. The van der Waals surface area contributed by atoms with Crippen LogP contribution in [0.1, 0.15) is 35.1 Å². The predicted molar refractivity (Wildman–Crippen MR) is 123 cm³/mol. The third-order valence-electron chi connectivity index (χ3n) is 5.11. The van der Waals surface area contributed by atoms with Crippen LogP contribution in [0, 0.1) is 6.92 Å². The molecule has 2 aromatic heterocycles. The molecular formula is C20H25Cl2N7O2. The number of halogens is 2. The summed E-state index contributed by atoms with van der Waals surface area (Å²) in [6, 6.07) is 9.56. The van der Waals surface area contributed by atoms with Crippen molar-refractivity contribution in [1.29, 1.82) is 0 Å². The van der Waals surface area contributed by atoms with Gasteiger partial charge in [0.1, 0.15) is 0 Å². The number of hydrogen-bond acceptors (Lipinski definition) is 6. The van der Waals surface area contributed by atoms with Crippen molar-refractivity contribution in [3.8, 4) is 0 Å². The van der Waals surface area contributed by atoms with Crippen LogP contribution in [0.4, 0.5) is 5.69 Å².